The zero-order valence-electron chi connectivity index (χ0n) is 21.8. The minimum absolute atomic E-state index is 0.0407. The van der Waals surface area contributed by atoms with Crippen LogP contribution in [0.4, 0.5) is 10.1 Å². The first kappa shape index (κ1) is 24.2. The molecule has 3 aliphatic heterocycles. The molecule has 37 heavy (non-hydrogen) atoms. The quantitative estimate of drug-likeness (QED) is 0.502. The van der Waals surface area contributed by atoms with E-state index in [-0.39, 0.29) is 17.4 Å². The van der Waals surface area contributed by atoms with Crippen molar-refractivity contribution in [2.45, 2.75) is 57.3 Å². The maximum Gasteiger partial charge on any atom is 0.258 e. The number of anilines is 1. The molecule has 2 saturated heterocycles. The molecule has 0 aliphatic carbocycles. The average Bonchev–Trinajstić information content (AvgIpc) is 3.44. The molecule has 0 N–H and O–H groups in total. The lowest BCUT2D eigenvalue weighted by Crippen LogP contribution is -2.49. The van der Waals surface area contributed by atoms with Crippen molar-refractivity contribution in [2.75, 3.05) is 31.2 Å². The average molecular weight is 504 g/mol. The maximum absolute atomic E-state index is 13.7. The van der Waals surface area contributed by atoms with E-state index in [1.54, 1.807) is 6.33 Å². The van der Waals surface area contributed by atoms with Gasteiger partial charge in [0.25, 0.3) is 5.91 Å². The first-order chi connectivity index (χ1) is 17.8. The van der Waals surface area contributed by atoms with Gasteiger partial charge in [0, 0.05) is 49.3 Å². The topological polar surface area (TPSA) is 63.5 Å². The molecule has 2 fully saturated rings. The maximum atomic E-state index is 13.7. The lowest BCUT2D eigenvalue weighted by Gasteiger charge is -2.42. The number of hydrogen-bond acceptors (Lipinski definition) is 5. The number of aromatic nitrogens is 3. The largest absolute Gasteiger partial charge is 0.379 e. The number of nitrogens with zero attached hydrogens (tertiary/aromatic N) is 5. The minimum Gasteiger partial charge on any atom is -0.379 e. The summed E-state index contributed by atoms with van der Waals surface area (Å²) >= 11 is 0. The fourth-order valence-electron chi connectivity index (χ4n) is 6.03. The Labute approximate surface area is 217 Å². The molecule has 0 bridgehead atoms. The zero-order chi connectivity index (χ0) is 25.7. The Bertz CT molecular complexity index is 1330. The lowest BCUT2D eigenvalue weighted by atomic mass is 9.75. The van der Waals surface area contributed by atoms with E-state index < -0.39 is 6.17 Å². The van der Waals surface area contributed by atoms with Gasteiger partial charge in [-0.25, -0.2) is 4.39 Å². The second-order valence-corrected chi connectivity index (χ2v) is 11.0. The monoisotopic (exact) mass is 503 g/mol. The Morgan fingerprint density at radius 3 is 2.65 bits per heavy atom. The molecule has 0 spiro atoms. The number of ether oxygens (including phenoxy) is 1. The highest BCUT2D eigenvalue weighted by molar-refractivity contribution is 6.10. The molecule has 4 heterocycles. The molecule has 1 amide bonds. The summed E-state index contributed by atoms with van der Waals surface area (Å²) in [5, 5.41) is 8.32. The molecule has 1 atom stereocenters. The summed E-state index contributed by atoms with van der Waals surface area (Å²) in [6.07, 6.45) is 2.93. The van der Waals surface area contributed by atoms with Crippen LogP contribution in [0, 0.1) is 6.92 Å². The Morgan fingerprint density at radius 2 is 1.97 bits per heavy atom. The normalized spacial score (nSPS) is 20.6. The molecule has 2 aromatic carbocycles. The predicted octanol–water partition coefficient (Wildman–Crippen LogP) is 4.29. The predicted molar refractivity (Wildman–Crippen MR) is 139 cm³/mol. The van der Waals surface area contributed by atoms with Gasteiger partial charge in [-0.2, -0.15) is 0 Å². The van der Waals surface area contributed by atoms with Crippen molar-refractivity contribution in [2.24, 2.45) is 7.05 Å². The van der Waals surface area contributed by atoms with Gasteiger partial charge in [-0.05, 0) is 67.1 Å². The Morgan fingerprint density at radius 1 is 1.19 bits per heavy atom. The van der Waals surface area contributed by atoms with Crippen LogP contribution in [0.5, 0.6) is 0 Å². The zero-order valence-corrected chi connectivity index (χ0v) is 21.8. The summed E-state index contributed by atoms with van der Waals surface area (Å²) in [5.41, 5.74) is 6.04. The number of likely N-dealkylation sites (tertiary alicyclic amines) is 1. The third-order valence-electron chi connectivity index (χ3n) is 8.60. The number of piperidine rings is 1. The van der Waals surface area contributed by atoms with E-state index in [0.29, 0.717) is 32.6 Å². The van der Waals surface area contributed by atoms with Gasteiger partial charge in [0.1, 0.15) is 18.3 Å². The van der Waals surface area contributed by atoms with Gasteiger partial charge in [0.15, 0.2) is 0 Å². The van der Waals surface area contributed by atoms with Crippen LogP contribution in [0.3, 0.4) is 0 Å². The van der Waals surface area contributed by atoms with E-state index in [4.69, 9.17) is 4.74 Å². The number of carbonyl (C=O) groups is 1. The van der Waals surface area contributed by atoms with Crippen LogP contribution in [-0.2, 0) is 30.2 Å². The van der Waals surface area contributed by atoms with E-state index in [1.807, 2.05) is 28.6 Å². The van der Waals surface area contributed by atoms with Crippen LogP contribution < -0.4 is 4.90 Å². The van der Waals surface area contributed by atoms with Gasteiger partial charge < -0.3 is 14.2 Å². The molecule has 3 aliphatic rings. The summed E-state index contributed by atoms with van der Waals surface area (Å²) in [4.78, 5) is 17.9. The Kier molecular flexibility index (Phi) is 6.12. The van der Waals surface area contributed by atoms with Gasteiger partial charge in [-0.3, -0.25) is 9.69 Å². The Balaban J connectivity index is 1.26. The van der Waals surface area contributed by atoms with E-state index >= 15 is 0 Å². The number of fused-ring (bicyclic) bond motifs is 1. The van der Waals surface area contributed by atoms with Crippen molar-refractivity contribution in [1.82, 2.24) is 19.7 Å². The molecular formula is C29H34FN5O2. The van der Waals surface area contributed by atoms with Gasteiger partial charge in [0.05, 0.1) is 19.8 Å². The van der Waals surface area contributed by atoms with Crippen LogP contribution in [0.2, 0.25) is 0 Å². The highest BCUT2D eigenvalue weighted by Gasteiger charge is 2.42. The summed E-state index contributed by atoms with van der Waals surface area (Å²) < 4.78 is 21.3. The molecule has 0 saturated carbocycles. The molecular weight excluding hydrogens is 469 g/mol. The first-order valence-corrected chi connectivity index (χ1v) is 13.2. The number of rotatable bonds is 6. The third-order valence-corrected chi connectivity index (χ3v) is 8.60. The van der Waals surface area contributed by atoms with Gasteiger partial charge in [0.2, 0.25) is 0 Å². The molecule has 3 aromatic rings. The van der Waals surface area contributed by atoms with Crippen molar-refractivity contribution >= 4 is 11.6 Å². The summed E-state index contributed by atoms with van der Waals surface area (Å²) in [7, 11) is 1.96. The molecule has 0 radical (unpaired) electrons. The molecule has 194 valence electrons. The minimum atomic E-state index is -0.692. The van der Waals surface area contributed by atoms with Crippen molar-refractivity contribution in [1.29, 1.82) is 0 Å². The molecule has 6 rings (SSSR count). The smallest absolute Gasteiger partial charge is 0.258 e. The highest BCUT2D eigenvalue weighted by atomic mass is 19.1. The van der Waals surface area contributed by atoms with Crippen LogP contribution in [0.15, 0.2) is 42.7 Å². The van der Waals surface area contributed by atoms with E-state index in [2.05, 4.69) is 53.2 Å². The molecule has 7 nitrogen and oxygen atoms in total. The number of carbonyl (C=O) groups excluding carboxylic acids is 1. The summed E-state index contributed by atoms with van der Waals surface area (Å²) in [6.45, 7) is 7.58. The van der Waals surface area contributed by atoms with Crippen molar-refractivity contribution in [3.63, 3.8) is 0 Å². The van der Waals surface area contributed by atoms with Crippen molar-refractivity contribution in [3.05, 3.63) is 76.4 Å². The number of alkyl halides is 1. The molecule has 8 heteroatoms. The van der Waals surface area contributed by atoms with E-state index in [1.165, 1.54) is 0 Å². The second kappa shape index (κ2) is 9.33. The first-order valence-electron chi connectivity index (χ1n) is 13.2. The number of aryl methyl sites for hydroxylation is 2. The number of benzene rings is 2. The van der Waals surface area contributed by atoms with E-state index in [9.17, 15) is 9.18 Å². The van der Waals surface area contributed by atoms with Crippen LogP contribution in [0.25, 0.3) is 0 Å². The lowest BCUT2D eigenvalue weighted by molar-refractivity contribution is -0.0611. The van der Waals surface area contributed by atoms with Crippen molar-refractivity contribution in [3.8, 4) is 0 Å². The number of amides is 1. The fourth-order valence-corrected chi connectivity index (χ4v) is 6.03. The molecule has 1 aromatic heterocycles. The van der Waals surface area contributed by atoms with Crippen LogP contribution in [-0.4, -0.2) is 58.0 Å². The van der Waals surface area contributed by atoms with Gasteiger partial charge in [-0.1, -0.05) is 18.2 Å². The second-order valence-electron chi connectivity index (χ2n) is 11.0. The van der Waals surface area contributed by atoms with Gasteiger partial charge in [-0.15, -0.1) is 10.2 Å². The Hall–Kier alpha value is -3.10. The standard InChI is InChI=1S/C29H34FN5O2/c1-19-11-21(20(2)34-9-7-23(30)8-10-34)12-25-26(19)15-35(28(25)36)24-6-4-5-22(13-24)29(16-37-17-29)14-27-32-31-18-33(27)3/h4-6,11-13,18,20,23H,7-10,14-17H2,1-3H3/t20-/m0/s1. The van der Waals surface area contributed by atoms with E-state index in [0.717, 1.165) is 58.8 Å². The van der Waals surface area contributed by atoms with Gasteiger partial charge >= 0.3 is 0 Å². The van der Waals surface area contributed by atoms with Crippen molar-refractivity contribution < 1.29 is 13.9 Å². The highest BCUT2D eigenvalue weighted by Crippen LogP contribution is 2.39. The summed E-state index contributed by atoms with van der Waals surface area (Å²) in [6, 6.07) is 12.7. The van der Waals surface area contributed by atoms with Crippen LogP contribution >= 0.6 is 0 Å². The third kappa shape index (κ3) is 4.26. The number of hydrogen-bond donors (Lipinski definition) is 0. The van der Waals surface area contributed by atoms with Crippen LogP contribution in [0.1, 0.15) is 64.2 Å². The SMILES string of the molecule is Cc1cc([C@H](C)N2CCC(F)CC2)cc2c1CN(c1cccc(C3(Cc4nncn4C)COC3)c1)C2=O. The molecule has 0 unspecified atom stereocenters. The fraction of sp³-hybridized carbons (Fsp3) is 0.483. The summed E-state index contributed by atoms with van der Waals surface area (Å²) in [5.74, 6) is 0.963. The number of halogens is 1.